The molecule has 0 unspecified atom stereocenters. The minimum atomic E-state index is -0.229. The van der Waals surface area contributed by atoms with Crippen molar-refractivity contribution < 1.29 is 13.9 Å². The normalized spacial score (nSPS) is 10.9. The van der Waals surface area contributed by atoms with Crippen molar-refractivity contribution in [2.75, 3.05) is 11.9 Å². The molecule has 0 bridgehead atoms. The number of benzene rings is 2. The van der Waals surface area contributed by atoms with Crippen LogP contribution in [0.5, 0.6) is 5.75 Å². The highest BCUT2D eigenvalue weighted by Crippen LogP contribution is 2.29. The summed E-state index contributed by atoms with van der Waals surface area (Å²) in [6.45, 7) is 4.50. The van der Waals surface area contributed by atoms with Crippen LogP contribution < -0.4 is 14.5 Å². The fourth-order valence-corrected chi connectivity index (χ4v) is 3.74. The lowest BCUT2D eigenvalue weighted by atomic mass is 10.2. The van der Waals surface area contributed by atoms with Gasteiger partial charge < -0.3 is 10.1 Å². The molecule has 6 heteroatoms. The second-order valence-electron chi connectivity index (χ2n) is 6.66. The van der Waals surface area contributed by atoms with Gasteiger partial charge in [-0.25, -0.2) is 0 Å². The van der Waals surface area contributed by atoms with E-state index in [1.54, 1.807) is 0 Å². The number of carbonyl (C=O) groups is 1. The Bertz CT molecular complexity index is 1180. The second-order valence-corrected chi connectivity index (χ2v) is 7.08. The van der Waals surface area contributed by atoms with Gasteiger partial charge in [0.25, 0.3) is 11.3 Å². The van der Waals surface area contributed by atoms with Crippen molar-refractivity contribution >= 4 is 29.9 Å². The Hall–Kier alpha value is -3.25. The van der Waals surface area contributed by atoms with Gasteiger partial charge in [0.1, 0.15) is 0 Å². The number of anilines is 1. The van der Waals surface area contributed by atoms with Crippen LogP contribution in [0.2, 0.25) is 0 Å². The molecule has 2 heterocycles. The lowest BCUT2D eigenvalue weighted by Crippen LogP contribution is -2.30. The molecular weight excluding hydrogens is 382 g/mol. The Morgan fingerprint density at radius 3 is 2.55 bits per heavy atom. The van der Waals surface area contributed by atoms with Crippen LogP contribution in [-0.2, 0) is 0 Å². The van der Waals surface area contributed by atoms with Crippen molar-refractivity contribution in [2.24, 2.45) is 0 Å². The average molecular weight is 405 g/mol. The third-order valence-electron chi connectivity index (χ3n) is 4.66. The molecule has 0 spiro atoms. The topological polar surface area (TPSA) is 47.4 Å². The van der Waals surface area contributed by atoms with Crippen LogP contribution >= 0.6 is 12.6 Å². The first kappa shape index (κ1) is 19.1. The fraction of sp³-hybridized carbons (Fsp3) is 0.130. The van der Waals surface area contributed by atoms with Crippen LogP contribution in [0.4, 0.5) is 5.69 Å². The molecule has 29 heavy (non-hydrogen) atoms. The summed E-state index contributed by atoms with van der Waals surface area (Å²) < 4.78 is 9.58. The highest BCUT2D eigenvalue weighted by molar-refractivity contribution is 7.80. The van der Waals surface area contributed by atoms with Crippen LogP contribution in [-0.4, -0.2) is 17.1 Å². The zero-order valence-electron chi connectivity index (χ0n) is 16.3. The van der Waals surface area contributed by atoms with E-state index in [1.165, 1.54) is 0 Å². The van der Waals surface area contributed by atoms with Gasteiger partial charge in [-0.2, -0.15) is 8.97 Å². The maximum atomic E-state index is 13.2. The summed E-state index contributed by atoms with van der Waals surface area (Å²) in [5.74, 6) is 0.504. The number of pyridine rings is 1. The van der Waals surface area contributed by atoms with Gasteiger partial charge in [0.15, 0.2) is 11.4 Å². The number of aromatic nitrogens is 2. The molecule has 4 rings (SSSR count). The molecule has 0 saturated carbocycles. The molecule has 4 aromatic rings. The van der Waals surface area contributed by atoms with Crippen molar-refractivity contribution in [2.45, 2.75) is 18.9 Å². The SMILES string of the molecule is CCOc1ccccc1-n1c(S)c(C(=O)Nc2ccc(C)cc2)[n+]2ccccc12. The van der Waals surface area contributed by atoms with Gasteiger partial charge in [-0.1, -0.05) is 48.5 Å². The van der Waals surface area contributed by atoms with E-state index in [9.17, 15) is 4.79 Å². The minimum Gasteiger partial charge on any atom is -0.489 e. The molecular formula is C23H22N3O2S+. The highest BCUT2D eigenvalue weighted by atomic mass is 32.1. The zero-order valence-corrected chi connectivity index (χ0v) is 17.2. The first-order chi connectivity index (χ1) is 14.1. The molecule has 0 aliphatic rings. The van der Waals surface area contributed by atoms with E-state index in [0.29, 0.717) is 17.3 Å². The summed E-state index contributed by atoms with van der Waals surface area (Å²) in [4.78, 5) is 13.2. The number of hydrogen-bond donors (Lipinski definition) is 2. The Morgan fingerprint density at radius 1 is 1.07 bits per heavy atom. The average Bonchev–Trinajstić information content (AvgIpc) is 3.02. The van der Waals surface area contributed by atoms with Gasteiger partial charge in [-0.15, -0.1) is 0 Å². The molecule has 0 fully saturated rings. The quantitative estimate of drug-likeness (QED) is 0.381. The van der Waals surface area contributed by atoms with E-state index in [1.807, 2.05) is 95.7 Å². The number of amides is 1. The summed E-state index contributed by atoms with van der Waals surface area (Å²) >= 11 is 4.74. The molecule has 1 amide bonds. The van der Waals surface area contributed by atoms with E-state index in [4.69, 9.17) is 17.4 Å². The van der Waals surface area contributed by atoms with E-state index in [-0.39, 0.29) is 5.91 Å². The Morgan fingerprint density at radius 2 is 1.79 bits per heavy atom. The standard InChI is InChI=1S/C23H21N3O2S/c1-3-28-19-9-5-4-8-18(19)26-20-10-6-7-15-25(20)21(23(26)29)22(27)24-17-13-11-16(2)12-14-17/h4-15H,3H2,1-2H3,(H-,24,27,29)/p+1. The number of hydrogen-bond acceptors (Lipinski definition) is 3. The number of para-hydroxylation sites is 2. The third-order valence-corrected chi connectivity index (χ3v) is 5.07. The van der Waals surface area contributed by atoms with Gasteiger partial charge >= 0.3 is 5.91 Å². The van der Waals surface area contributed by atoms with E-state index >= 15 is 0 Å². The monoisotopic (exact) mass is 404 g/mol. The summed E-state index contributed by atoms with van der Waals surface area (Å²) in [6.07, 6.45) is 1.86. The lowest BCUT2D eigenvalue weighted by Gasteiger charge is -2.07. The summed E-state index contributed by atoms with van der Waals surface area (Å²) in [5, 5.41) is 3.50. The number of imidazole rings is 1. The van der Waals surface area contributed by atoms with Crippen molar-refractivity contribution in [3.63, 3.8) is 0 Å². The smallest absolute Gasteiger partial charge is 0.301 e. The molecule has 0 aliphatic carbocycles. The molecule has 0 atom stereocenters. The van der Waals surface area contributed by atoms with Crippen molar-refractivity contribution in [1.29, 1.82) is 0 Å². The second kappa shape index (κ2) is 8.01. The molecule has 2 aromatic heterocycles. The van der Waals surface area contributed by atoms with E-state index in [0.717, 1.165) is 28.3 Å². The maximum absolute atomic E-state index is 13.2. The molecule has 1 N–H and O–H groups in total. The van der Waals surface area contributed by atoms with Crippen LogP contribution in [0.1, 0.15) is 23.0 Å². The minimum absolute atomic E-state index is 0.229. The van der Waals surface area contributed by atoms with Crippen molar-refractivity contribution in [3.05, 3.63) is 84.2 Å². The number of ether oxygens (including phenoxy) is 1. The van der Waals surface area contributed by atoms with Crippen LogP contribution in [0, 0.1) is 6.92 Å². The summed E-state index contributed by atoms with van der Waals surface area (Å²) in [5.41, 5.74) is 3.98. The Balaban J connectivity index is 1.86. The number of carbonyl (C=O) groups excluding carboxylic acids is 1. The molecule has 0 saturated heterocycles. The number of aryl methyl sites for hydroxylation is 1. The van der Waals surface area contributed by atoms with Gasteiger partial charge in [0, 0.05) is 11.8 Å². The highest BCUT2D eigenvalue weighted by Gasteiger charge is 2.31. The number of nitrogens with one attached hydrogen (secondary N) is 1. The molecule has 5 nitrogen and oxygen atoms in total. The predicted molar refractivity (Wildman–Crippen MR) is 116 cm³/mol. The molecule has 2 aromatic carbocycles. The van der Waals surface area contributed by atoms with Gasteiger partial charge in [-0.3, -0.25) is 4.79 Å². The van der Waals surface area contributed by atoms with Crippen LogP contribution in [0.15, 0.2) is 78.0 Å². The maximum Gasteiger partial charge on any atom is 0.301 e. The van der Waals surface area contributed by atoms with Crippen molar-refractivity contribution in [3.8, 4) is 11.4 Å². The predicted octanol–water partition coefficient (Wildman–Crippen LogP) is 4.46. The Kier molecular flexibility index (Phi) is 5.27. The third kappa shape index (κ3) is 3.59. The molecule has 146 valence electrons. The van der Waals surface area contributed by atoms with Crippen molar-refractivity contribution in [1.82, 2.24) is 4.57 Å². The first-order valence-electron chi connectivity index (χ1n) is 9.44. The van der Waals surface area contributed by atoms with Gasteiger partial charge in [0.05, 0.1) is 12.8 Å². The summed E-state index contributed by atoms with van der Waals surface area (Å²) in [7, 11) is 0. The number of fused-ring (bicyclic) bond motifs is 1. The Labute approximate surface area is 175 Å². The number of rotatable bonds is 5. The molecule has 0 aliphatic heterocycles. The van der Waals surface area contributed by atoms with E-state index < -0.39 is 0 Å². The zero-order chi connectivity index (χ0) is 20.4. The molecule has 0 radical (unpaired) electrons. The number of nitrogens with zero attached hydrogens (tertiary/aromatic N) is 2. The largest absolute Gasteiger partial charge is 0.489 e. The summed E-state index contributed by atoms with van der Waals surface area (Å²) in [6, 6.07) is 21.2. The van der Waals surface area contributed by atoms with Gasteiger partial charge in [0.2, 0.25) is 5.03 Å². The van der Waals surface area contributed by atoms with Crippen LogP contribution in [0.25, 0.3) is 11.3 Å². The van der Waals surface area contributed by atoms with Crippen LogP contribution in [0.3, 0.4) is 0 Å². The first-order valence-corrected chi connectivity index (χ1v) is 9.89. The van der Waals surface area contributed by atoms with Gasteiger partial charge in [-0.05, 0) is 44.2 Å². The lowest BCUT2D eigenvalue weighted by molar-refractivity contribution is -0.514. The number of thiol groups is 1. The fourth-order valence-electron chi connectivity index (χ4n) is 3.32. The van der Waals surface area contributed by atoms with E-state index in [2.05, 4.69) is 5.32 Å².